The van der Waals surface area contributed by atoms with E-state index in [0.29, 0.717) is 34.6 Å². The Hall–Kier alpha value is -2.42. The molecule has 0 fully saturated rings. The predicted molar refractivity (Wildman–Crippen MR) is 127 cm³/mol. The maximum atomic E-state index is 13.6. The van der Waals surface area contributed by atoms with Crippen LogP contribution in [0.1, 0.15) is 51.4 Å². The summed E-state index contributed by atoms with van der Waals surface area (Å²) < 4.78 is 33.7. The zero-order valence-corrected chi connectivity index (χ0v) is 20.0. The van der Waals surface area contributed by atoms with Gasteiger partial charge in [0.1, 0.15) is 11.6 Å². The van der Waals surface area contributed by atoms with Crippen LogP contribution in [0.2, 0.25) is 5.02 Å². The molecular formula is C23H28ClN3O4S. The highest BCUT2D eigenvalue weighted by atomic mass is 35.5. The number of hydrogen-bond acceptors (Lipinski definition) is 5. The molecule has 32 heavy (non-hydrogen) atoms. The van der Waals surface area contributed by atoms with Crippen molar-refractivity contribution in [2.24, 2.45) is 0 Å². The zero-order chi connectivity index (χ0) is 23.3. The van der Waals surface area contributed by atoms with Crippen LogP contribution in [0, 0.1) is 0 Å². The van der Waals surface area contributed by atoms with Gasteiger partial charge in [-0.1, -0.05) is 37.8 Å². The molecule has 0 bridgehead atoms. The second-order valence-corrected chi connectivity index (χ2v) is 9.97. The summed E-state index contributed by atoms with van der Waals surface area (Å²) in [7, 11) is -2.32. The van der Waals surface area contributed by atoms with Crippen molar-refractivity contribution in [3.8, 4) is 5.75 Å². The van der Waals surface area contributed by atoms with Crippen LogP contribution in [-0.4, -0.2) is 36.3 Å². The standard InChI is InChI=1S/C23H28ClN3O4S/c1-4-5-6-7-14-27(32(29,30)19-11-9-18(31-3)10-12-19)16(2)22-25-21-15-17(24)8-13-20(21)23(28)26-22/h8-13,15-16H,4-7,14H2,1-3H3,(H,25,26,28). The topological polar surface area (TPSA) is 92.4 Å². The highest BCUT2D eigenvalue weighted by Gasteiger charge is 2.31. The van der Waals surface area contributed by atoms with Crippen LogP contribution in [0.4, 0.5) is 0 Å². The lowest BCUT2D eigenvalue weighted by Gasteiger charge is -2.28. The molecular weight excluding hydrogens is 450 g/mol. The van der Waals surface area contributed by atoms with E-state index in [1.54, 1.807) is 37.3 Å². The lowest BCUT2D eigenvalue weighted by atomic mass is 10.2. The van der Waals surface area contributed by atoms with Crippen LogP contribution in [-0.2, 0) is 10.0 Å². The molecule has 0 saturated carbocycles. The van der Waals surface area contributed by atoms with Gasteiger partial charge < -0.3 is 9.72 Å². The average molecular weight is 478 g/mol. The minimum absolute atomic E-state index is 0.159. The summed E-state index contributed by atoms with van der Waals surface area (Å²) in [5.74, 6) is 0.848. The number of rotatable bonds is 10. The maximum Gasteiger partial charge on any atom is 0.258 e. The number of fused-ring (bicyclic) bond motifs is 1. The quantitative estimate of drug-likeness (QED) is 0.418. The number of hydrogen-bond donors (Lipinski definition) is 1. The van der Waals surface area contributed by atoms with Crippen molar-refractivity contribution in [2.75, 3.05) is 13.7 Å². The third kappa shape index (κ3) is 5.31. The second-order valence-electron chi connectivity index (χ2n) is 7.64. The molecule has 7 nitrogen and oxygen atoms in total. The Labute approximate surface area is 193 Å². The molecule has 1 atom stereocenters. The Morgan fingerprint density at radius 1 is 1.12 bits per heavy atom. The summed E-state index contributed by atoms with van der Waals surface area (Å²) in [6.45, 7) is 4.14. The van der Waals surface area contributed by atoms with Crippen LogP contribution in [0.25, 0.3) is 10.9 Å². The first-order valence-electron chi connectivity index (χ1n) is 10.6. The van der Waals surface area contributed by atoms with Gasteiger partial charge in [0.15, 0.2) is 0 Å². The molecule has 0 aliphatic heterocycles. The summed E-state index contributed by atoms with van der Waals surface area (Å²) in [4.78, 5) is 20.1. The molecule has 1 heterocycles. The molecule has 3 rings (SSSR count). The highest BCUT2D eigenvalue weighted by molar-refractivity contribution is 7.89. The SMILES string of the molecule is CCCCCCN(C(C)c1nc2cc(Cl)ccc2c(=O)[nH]1)S(=O)(=O)c1ccc(OC)cc1. The smallest absolute Gasteiger partial charge is 0.258 e. The molecule has 0 aliphatic carbocycles. The molecule has 0 spiro atoms. The number of sulfonamides is 1. The maximum absolute atomic E-state index is 13.6. The highest BCUT2D eigenvalue weighted by Crippen LogP contribution is 2.28. The summed E-state index contributed by atoms with van der Waals surface area (Å²) in [5.41, 5.74) is 0.0946. The molecule has 0 amide bonds. The van der Waals surface area contributed by atoms with Crippen molar-refractivity contribution in [1.29, 1.82) is 0 Å². The van der Waals surface area contributed by atoms with E-state index >= 15 is 0 Å². The molecule has 2 aromatic carbocycles. The number of aromatic amines is 1. The van der Waals surface area contributed by atoms with E-state index < -0.39 is 16.1 Å². The average Bonchev–Trinajstić information content (AvgIpc) is 2.78. The third-order valence-corrected chi connectivity index (χ3v) is 7.63. The lowest BCUT2D eigenvalue weighted by molar-refractivity contribution is 0.323. The minimum atomic E-state index is -3.85. The summed E-state index contributed by atoms with van der Waals surface area (Å²) in [5, 5.41) is 0.856. The number of halogens is 1. The van der Waals surface area contributed by atoms with E-state index in [1.807, 2.05) is 0 Å². The van der Waals surface area contributed by atoms with E-state index in [0.717, 1.165) is 19.3 Å². The molecule has 0 saturated heterocycles. The van der Waals surface area contributed by atoms with Crippen LogP contribution >= 0.6 is 11.6 Å². The largest absolute Gasteiger partial charge is 0.497 e. The molecule has 1 unspecified atom stereocenters. The molecule has 3 aromatic rings. The molecule has 1 aromatic heterocycles. The number of benzene rings is 2. The van der Waals surface area contributed by atoms with E-state index in [1.165, 1.54) is 23.5 Å². The number of nitrogens with zero attached hydrogens (tertiary/aromatic N) is 2. The van der Waals surface area contributed by atoms with Crippen LogP contribution in [0.5, 0.6) is 5.75 Å². The van der Waals surface area contributed by atoms with Gasteiger partial charge >= 0.3 is 0 Å². The van der Waals surface area contributed by atoms with Crippen LogP contribution < -0.4 is 10.3 Å². The molecule has 172 valence electrons. The Morgan fingerprint density at radius 3 is 2.50 bits per heavy atom. The van der Waals surface area contributed by atoms with Gasteiger partial charge in [0.2, 0.25) is 10.0 Å². The van der Waals surface area contributed by atoms with E-state index in [4.69, 9.17) is 16.3 Å². The number of H-pyrrole nitrogens is 1. The summed E-state index contributed by atoms with van der Waals surface area (Å²) in [6, 6.07) is 10.4. The summed E-state index contributed by atoms with van der Waals surface area (Å²) in [6.07, 6.45) is 3.68. The lowest BCUT2D eigenvalue weighted by Crippen LogP contribution is -2.36. The number of unbranched alkanes of at least 4 members (excludes halogenated alkanes) is 3. The van der Waals surface area contributed by atoms with Gasteiger partial charge in [0.25, 0.3) is 5.56 Å². The molecule has 9 heteroatoms. The predicted octanol–water partition coefficient (Wildman–Crippen LogP) is 4.92. The summed E-state index contributed by atoms with van der Waals surface area (Å²) >= 11 is 6.07. The zero-order valence-electron chi connectivity index (χ0n) is 18.5. The van der Waals surface area contributed by atoms with Gasteiger partial charge in [-0.25, -0.2) is 13.4 Å². The number of aromatic nitrogens is 2. The van der Waals surface area contributed by atoms with Gasteiger partial charge in [0, 0.05) is 11.6 Å². The third-order valence-electron chi connectivity index (χ3n) is 5.41. The van der Waals surface area contributed by atoms with E-state index in [-0.39, 0.29) is 16.3 Å². The number of ether oxygens (including phenoxy) is 1. The minimum Gasteiger partial charge on any atom is -0.497 e. The van der Waals surface area contributed by atoms with Gasteiger partial charge in [-0.2, -0.15) is 4.31 Å². The first kappa shape index (κ1) is 24.2. The van der Waals surface area contributed by atoms with Crippen molar-refractivity contribution < 1.29 is 13.2 Å². The van der Waals surface area contributed by atoms with E-state index in [9.17, 15) is 13.2 Å². The van der Waals surface area contributed by atoms with Gasteiger partial charge in [-0.15, -0.1) is 0 Å². The monoisotopic (exact) mass is 477 g/mol. The number of methoxy groups -OCH3 is 1. The Bertz CT molecular complexity index is 1230. The fraction of sp³-hybridized carbons (Fsp3) is 0.391. The number of nitrogens with one attached hydrogen (secondary N) is 1. The Morgan fingerprint density at radius 2 is 1.84 bits per heavy atom. The van der Waals surface area contributed by atoms with Crippen molar-refractivity contribution in [2.45, 2.75) is 50.5 Å². The fourth-order valence-electron chi connectivity index (χ4n) is 3.56. The normalized spacial score (nSPS) is 12.9. The van der Waals surface area contributed by atoms with Crippen molar-refractivity contribution >= 4 is 32.5 Å². The fourth-order valence-corrected chi connectivity index (χ4v) is 5.37. The van der Waals surface area contributed by atoms with Crippen LogP contribution in [0.15, 0.2) is 52.2 Å². The van der Waals surface area contributed by atoms with Crippen molar-refractivity contribution in [3.05, 3.63) is 63.7 Å². The van der Waals surface area contributed by atoms with E-state index in [2.05, 4.69) is 16.9 Å². The van der Waals surface area contributed by atoms with Gasteiger partial charge in [-0.3, -0.25) is 4.79 Å². The molecule has 0 aliphatic rings. The first-order chi connectivity index (χ1) is 15.3. The van der Waals surface area contributed by atoms with Crippen molar-refractivity contribution in [3.63, 3.8) is 0 Å². The molecule has 0 radical (unpaired) electrons. The molecule has 1 N–H and O–H groups in total. The Balaban J connectivity index is 2.02. The van der Waals surface area contributed by atoms with Crippen LogP contribution in [0.3, 0.4) is 0 Å². The second kappa shape index (κ2) is 10.5. The van der Waals surface area contributed by atoms with Gasteiger partial charge in [-0.05, 0) is 55.8 Å². The Kier molecular flexibility index (Phi) is 7.92. The van der Waals surface area contributed by atoms with Gasteiger partial charge in [0.05, 0.1) is 29.0 Å². The van der Waals surface area contributed by atoms with Crippen molar-refractivity contribution in [1.82, 2.24) is 14.3 Å². The first-order valence-corrected chi connectivity index (χ1v) is 12.4.